The minimum Gasteiger partial charge on any atom is -0.500 e. The predicted octanol–water partition coefficient (Wildman–Crippen LogP) is 29.6. The molecule has 21 aromatic rings. The van der Waals surface area contributed by atoms with E-state index in [4.69, 9.17) is 19.4 Å². The summed E-state index contributed by atoms with van der Waals surface area (Å²) < 4.78 is 10.9. The third kappa shape index (κ3) is 24.1. The summed E-state index contributed by atoms with van der Waals surface area (Å²) in [6, 6.07) is 133. The molecule has 12 aromatic carbocycles. The summed E-state index contributed by atoms with van der Waals surface area (Å²) in [5, 5.41) is 13.1. The monoisotopic (exact) mass is 2370 g/mol. The molecular formula is C121H111Ir3N7OSSi3-6. The van der Waals surface area contributed by atoms with Gasteiger partial charge in [-0.05, 0) is 176 Å². The smallest absolute Gasteiger partial charge is 0.120 e. The summed E-state index contributed by atoms with van der Waals surface area (Å²) in [6.07, 6.45) is 13.9. The molecular weight excluding hydrogens is 2260 g/mol. The molecule has 15 heteroatoms. The van der Waals surface area contributed by atoms with Crippen molar-refractivity contribution in [3.8, 4) is 84.4 Å². The normalized spacial score (nSPS) is 11.2. The molecule has 9 aromatic heterocycles. The average Bonchev–Trinajstić information content (AvgIpc) is 1.61. The Morgan fingerprint density at radius 1 is 0.331 bits per heavy atom. The average molecular weight is 2370 g/mol. The van der Waals surface area contributed by atoms with E-state index in [0.29, 0.717) is 11.8 Å². The number of pyridine rings is 6. The van der Waals surface area contributed by atoms with Gasteiger partial charge in [0.1, 0.15) is 13.7 Å². The Hall–Kier alpha value is -12.0. The Labute approximate surface area is 850 Å². The maximum absolute atomic E-state index is 5.99. The van der Waals surface area contributed by atoms with Gasteiger partial charge in [-0.1, -0.05) is 299 Å². The Bertz CT molecular complexity index is 7360. The van der Waals surface area contributed by atoms with Gasteiger partial charge in [0.05, 0.1) is 21.7 Å². The Morgan fingerprint density at radius 2 is 0.757 bits per heavy atom. The number of fused-ring (bicyclic) bond motifs is 9. The van der Waals surface area contributed by atoms with Gasteiger partial charge in [0.2, 0.25) is 0 Å². The van der Waals surface area contributed by atoms with E-state index in [-0.39, 0.29) is 60.3 Å². The molecule has 8 nitrogen and oxygen atoms in total. The number of rotatable bonds is 16. The molecule has 687 valence electrons. The third-order valence-electron chi connectivity index (χ3n) is 24.0. The summed E-state index contributed by atoms with van der Waals surface area (Å²) in [5.41, 5.74) is 26.7. The van der Waals surface area contributed by atoms with Crippen LogP contribution in [0.4, 0.5) is 0 Å². The number of para-hydroxylation sites is 3. The van der Waals surface area contributed by atoms with E-state index < -0.39 is 24.2 Å². The topological polar surface area (TPSA) is 95.4 Å². The quantitative estimate of drug-likeness (QED) is 0.0702. The summed E-state index contributed by atoms with van der Waals surface area (Å²) in [5.74, 6) is 1.19. The zero-order chi connectivity index (χ0) is 92.8. The van der Waals surface area contributed by atoms with Crippen molar-refractivity contribution in [2.75, 3.05) is 0 Å². The fraction of sp³-hybridized carbons (Fsp3) is 0.157. The Balaban J connectivity index is 0.000000143. The zero-order valence-electron chi connectivity index (χ0n) is 79.7. The molecule has 0 bridgehead atoms. The summed E-state index contributed by atoms with van der Waals surface area (Å²) >= 11 is 1.83. The molecule has 0 spiro atoms. The summed E-state index contributed by atoms with van der Waals surface area (Å²) in [6.45, 7) is 34.6. The molecule has 136 heavy (non-hydrogen) atoms. The van der Waals surface area contributed by atoms with Crippen molar-refractivity contribution in [3.05, 3.63) is 429 Å². The maximum atomic E-state index is 5.99. The van der Waals surface area contributed by atoms with Crippen LogP contribution < -0.4 is 20.7 Å². The van der Waals surface area contributed by atoms with E-state index in [9.17, 15) is 0 Å². The molecule has 0 saturated heterocycles. The zero-order valence-corrected chi connectivity index (χ0v) is 90.7. The van der Waals surface area contributed by atoms with Crippen molar-refractivity contribution in [2.45, 2.75) is 114 Å². The molecule has 0 amide bonds. The number of hydrogen-bond acceptors (Lipinski definition) is 8. The van der Waals surface area contributed by atoms with E-state index in [0.717, 1.165) is 102 Å². The Morgan fingerprint density at radius 3 is 1.27 bits per heavy atom. The van der Waals surface area contributed by atoms with Gasteiger partial charge < -0.3 is 38.9 Å². The Kier molecular flexibility index (Phi) is 34.4. The fourth-order valence-electron chi connectivity index (χ4n) is 17.3. The first-order valence-corrected chi connectivity index (χ1v) is 56.7. The number of benzene rings is 12. The number of aryl methyl sites for hydroxylation is 3. The van der Waals surface area contributed by atoms with Crippen molar-refractivity contribution in [1.29, 1.82) is 0 Å². The molecule has 0 aliphatic rings. The summed E-state index contributed by atoms with van der Waals surface area (Å²) in [4.78, 5) is 27.7. The van der Waals surface area contributed by atoms with Crippen LogP contribution in [0.5, 0.6) is 0 Å². The van der Waals surface area contributed by atoms with Gasteiger partial charge in [0, 0.05) is 119 Å². The van der Waals surface area contributed by atoms with Crippen molar-refractivity contribution in [3.63, 3.8) is 0 Å². The molecule has 0 atom stereocenters. The minimum absolute atomic E-state index is 0. The molecule has 0 N–H and O–H groups in total. The van der Waals surface area contributed by atoms with Crippen LogP contribution in [0.15, 0.2) is 369 Å². The van der Waals surface area contributed by atoms with Crippen LogP contribution in [0, 0.1) is 69.0 Å². The van der Waals surface area contributed by atoms with Gasteiger partial charge in [-0.25, -0.2) is 0 Å². The van der Waals surface area contributed by atoms with Gasteiger partial charge in [0.15, 0.2) is 0 Å². The van der Waals surface area contributed by atoms with Crippen molar-refractivity contribution in [2.24, 2.45) is 11.8 Å². The van der Waals surface area contributed by atoms with E-state index >= 15 is 0 Å². The molecule has 0 unspecified atom stereocenters. The summed E-state index contributed by atoms with van der Waals surface area (Å²) in [7, 11) is -4.83. The van der Waals surface area contributed by atoms with Crippen molar-refractivity contribution in [1.82, 2.24) is 34.5 Å². The molecule has 0 aliphatic heterocycles. The second-order valence-corrected chi connectivity index (χ2v) is 52.8. The van der Waals surface area contributed by atoms with Crippen LogP contribution in [0.2, 0.25) is 52.4 Å². The van der Waals surface area contributed by atoms with Gasteiger partial charge >= 0.3 is 0 Å². The molecule has 9 heterocycles. The van der Waals surface area contributed by atoms with Crippen LogP contribution in [0.3, 0.4) is 0 Å². The first-order chi connectivity index (χ1) is 64.4. The number of nitrogens with zero attached hydrogens (tertiary/aromatic N) is 7. The number of thiophene rings is 1. The fourth-order valence-corrected chi connectivity index (χ4v) is 24.1. The van der Waals surface area contributed by atoms with E-state index in [1.54, 1.807) is 0 Å². The third-order valence-corrected chi connectivity index (χ3v) is 32.8. The number of furan rings is 1. The van der Waals surface area contributed by atoms with E-state index in [1.165, 1.54) is 107 Å². The molecule has 0 aliphatic carbocycles. The molecule has 3 radical (unpaired) electrons. The molecule has 0 saturated carbocycles. The van der Waals surface area contributed by atoms with Gasteiger partial charge in [-0.3, -0.25) is 0 Å². The second-order valence-electron chi connectivity index (χ2n) is 37.2. The van der Waals surface area contributed by atoms with Crippen LogP contribution in [0.1, 0.15) is 55.5 Å². The van der Waals surface area contributed by atoms with Crippen LogP contribution in [-0.2, 0) is 73.2 Å². The minimum atomic E-state index is -1.85. The van der Waals surface area contributed by atoms with E-state index in [1.807, 2.05) is 139 Å². The predicted molar refractivity (Wildman–Crippen MR) is 571 cm³/mol. The standard InChI is InChI=1S/C30H31N2Si.C29H28NOSi.C26H22NSSi.3C12H10N.3Ir/c1-21(2)17-23-19-27(31-20-30(23)33(3,4)5)22-15-16-29-26(18-22)25-13-9-10-14-28(25)32(29)24-11-7-6-8-12-24;1-20(2)16-22-18-26(30-19-29(22)32(3,4)23-10-6-5-7-11-23)21-14-15-28-25(17-21)24-12-8-9-13-27(24)31-28;1-29(2,3)26-17-27-23(16-21(26)18-9-5-4-6-10-18)19-13-14-25-22(15-19)20-11-7-8-12-24(20)28-25;3*1-10-6-5-9-13-12(10)11-7-3-2-4-8-11;;;/h6-14,16,18-21H,17H2,1-5H3;5-13,15,17-20H,16H2,1-4H3;4-12,14-17H,1-3H3;3*2-7,9H,1H3;;;/q6*-1;;;. The SMILES string of the molecule is CC(C)Cc1cc(-c2[c-]cc3c(c2)c2ccccc2n3-c2ccccc2)ncc1[Si](C)(C)C.CC(C)Cc1cc(-c2[c-]cc3oc4ccccc4c3c2)ncc1[Si](C)(C)c1ccccc1.C[Si](C)(C)c1cnc(-c2[c-]cc3sc4ccccc4c3c2)cc1-c1ccccc1.Cc1cccnc1-c1[c-]cccc1.Cc1cccnc1-c1[c-]cccc1.Cc1cccnc1-c1[c-]cccc1.[Ir].[Ir].[Ir]. The second kappa shape index (κ2) is 46.2. The first-order valence-electron chi connectivity index (χ1n) is 45.8. The van der Waals surface area contributed by atoms with Crippen LogP contribution in [-0.4, -0.2) is 58.7 Å². The first kappa shape index (κ1) is 101. The largest absolute Gasteiger partial charge is 0.500 e. The number of aromatic nitrogens is 7. The van der Waals surface area contributed by atoms with E-state index in [2.05, 4.69) is 394 Å². The molecule has 21 rings (SSSR count). The maximum Gasteiger partial charge on any atom is 0.120 e. The number of hydrogen-bond donors (Lipinski definition) is 0. The van der Waals surface area contributed by atoms with Gasteiger partial charge in [-0.2, -0.15) is 11.3 Å². The van der Waals surface area contributed by atoms with Gasteiger partial charge in [-0.15, -0.1) is 179 Å². The molecule has 0 fully saturated rings. The van der Waals surface area contributed by atoms with Crippen LogP contribution >= 0.6 is 11.3 Å². The van der Waals surface area contributed by atoms with Crippen LogP contribution in [0.25, 0.3) is 148 Å². The van der Waals surface area contributed by atoms with Crippen molar-refractivity contribution < 1.29 is 64.7 Å². The van der Waals surface area contributed by atoms with Gasteiger partial charge in [0.25, 0.3) is 0 Å². The van der Waals surface area contributed by atoms with Crippen molar-refractivity contribution >= 4 is 120 Å².